The van der Waals surface area contributed by atoms with Crippen molar-refractivity contribution in [3.8, 4) is 11.1 Å². The molecule has 2 aromatic rings. The van der Waals surface area contributed by atoms with Crippen LogP contribution in [0.1, 0.15) is 5.56 Å². The first-order valence-electron chi connectivity index (χ1n) is 5.46. The Morgan fingerprint density at radius 3 is 2.81 bits per heavy atom. The monoisotopic (exact) mass is 213 g/mol. The second kappa shape index (κ2) is 3.63. The van der Waals surface area contributed by atoms with Gasteiger partial charge in [0.25, 0.3) is 0 Å². The Balaban J connectivity index is 2.17. The summed E-state index contributed by atoms with van der Waals surface area (Å²) >= 11 is 0. The maximum atomic E-state index is 13.2. The molecule has 16 heavy (non-hydrogen) atoms. The summed E-state index contributed by atoms with van der Waals surface area (Å²) in [6.45, 7) is 0.974. The molecule has 0 radical (unpaired) electrons. The highest BCUT2D eigenvalue weighted by Gasteiger charge is 2.14. The second-order valence-corrected chi connectivity index (χ2v) is 4.03. The zero-order valence-corrected chi connectivity index (χ0v) is 8.83. The zero-order chi connectivity index (χ0) is 11.0. The predicted molar refractivity (Wildman–Crippen MR) is 64.0 cm³/mol. The van der Waals surface area contributed by atoms with Crippen molar-refractivity contribution in [3.05, 3.63) is 53.8 Å². The first-order chi connectivity index (χ1) is 7.84. The third kappa shape index (κ3) is 1.47. The van der Waals surface area contributed by atoms with Crippen molar-refractivity contribution in [1.82, 2.24) is 0 Å². The summed E-state index contributed by atoms with van der Waals surface area (Å²) < 4.78 is 13.2. The number of nitrogens with one attached hydrogen (secondary N) is 1. The fourth-order valence-electron chi connectivity index (χ4n) is 2.24. The van der Waals surface area contributed by atoms with Gasteiger partial charge in [-0.1, -0.05) is 30.3 Å². The van der Waals surface area contributed by atoms with Crippen LogP contribution >= 0.6 is 0 Å². The molecule has 1 aliphatic heterocycles. The molecule has 0 saturated carbocycles. The Bertz CT molecular complexity index is 534. The third-order valence-electron chi connectivity index (χ3n) is 2.98. The lowest BCUT2D eigenvalue weighted by molar-refractivity contribution is 0.628. The lowest BCUT2D eigenvalue weighted by Crippen LogP contribution is -1.93. The number of benzene rings is 2. The van der Waals surface area contributed by atoms with Crippen molar-refractivity contribution in [2.45, 2.75) is 6.42 Å². The lowest BCUT2D eigenvalue weighted by Gasteiger charge is -2.08. The Labute approximate surface area is 93.9 Å². The Kier molecular flexibility index (Phi) is 2.13. The lowest BCUT2D eigenvalue weighted by atomic mass is 10.0. The molecule has 3 rings (SSSR count). The van der Waals surface area contributed by atoms with E-state index >= 15 is 0 Å². The average Bonchev–Trinajstić information content (AvgIpc) is 2.76. The van der Waals surface area contributed by atoms with E-state index < -0.39 is 0 Å². The summed E-state index contributed by atoms with van der Waals surface area (Å²) in [5.74, 6) is -0.187. The van der Waals surface area contributed by atoms with Gasteiger partial charge in [0.1, 0.15) is 5.82 Å². The fourth-order valence-corrected chi connectivity index (χ4v) is 2.24. The van der Waals surface area contributed by atoms with Crippen molar-refractivity contribution in [2.75, 3.05) is 11.9 Å². The zero-order valence-electron chi connectivity index (χ0n) is 8.83. The molecule has 0 saturated heterocycles. The first kappa shape index (κ1) is 9.40. The number of fused-ring (bicyclic) bond motifs is 1. The van der Waals surface area contributed by atoms with E-state index in [1.165, 1.54) is 11.6 Å². The summed E-state index contributed by atoms with van der Waals surface area (Å²) in [7, 11) is 0. The molecule has 80 valence electrons. The van der Waals surface area contributed by atoms with Crippen molar-refractivity contribution in [3.63, 3.8) is 0 Å². The van der Waals surface area contributed by atoms with Crippen LogP contribution in [0.4, 0.5) is 10.1 Å². The van der Waals surface area contributed by atoms with Crippen LogP contribution in [-0.4, -0.2) is 6.54 Å². The second-order valence-electron chi connectivity index (χ2n) is 4.03. The Morgan fingerprint density at radius 1 is 1.06 bits per heavy atom. The normalized spacial score (nSPS) is 13.3. The van der Waals surface area contributed by atoms with Crippen LogP contribution in [0.25, 0.3) is 11.1 Å². The van der Waals surface area contributed by atoms with Gasteiger partial charge >= 0.3 is 0 Å². The molecule has 1 N–H and O–H groups in total. The van der Waals surface area contributed by atoms with E-state index in [0.717, 1.165) is 29.8 Å². The number of rotatable bonds is 1. The van der Waals surface area contributed by atoms with E-state index in [-0.39, 0.29) is 5.82 Å². The van der Waals surface area contributed by atoms with Gasteiger partial charge in [-0.3, -0.25) is 0 Å². The number of para-hydroxylation sites is 1. The van der Waals surface area contributed by atoms with E-state index in [0.29, 0.717) is 0 Å². The van der Waals surface area contributed by atoms with Gasteiger partial charge < -0.3 is 5.32 Å². The van der Waals surface area contributed by atoms with Crippen LogP contribution in [0.2, 0.25) is 0 Å². The summed E-state index contributed by atoms with van der Waals surface area (Å²) in [6.07, 6.45) is 1.05. The Morgan fingerprint density at radius 2 is 1.94 bits per heavy atom. The van der Waals surface area contributed by atoms with E-state index in [4.69, 9.17) is 0 Å². The van der Waals surface area contributed by atoms with Crippen molar-refractivity contribution in [1.29, 1.82) is 0 Å². The standard InChI is InChI=1S/C14H12FN/c15-12-5-1-4-11(9-12)13-6-2-3-10-7-8-16-14(10)13/h1-6,9,16H,7-8H2. The topological polar surface area (TPSA) is 12.0 Å². The van der Waals surface area contributed by atoms with Crippen molar-refractivity contribution in [2.24, 2.45) is 0 Å². The molecule has 0 aromatic heterocycles. The van der Waals surface area contributed by atoms with Crippen LogP contribution in [0.5, 0.6) is 0 Å². The average molecular weight is 213 g/mol. The molecule has 0 fully saturated rings. The summed E-state index contributed by atoms with van der Waals surface area (Å²) in [4.78, 5) is 0. The summed E-state index contributed by atoms with van der Waals surface area (Å²) in [5.41, 5.74) is 4.51. The molecule has 2 heteroatoms. The highest BCUT2D eigenvalue weighted by Crippen LogP contribution is 2.34. The number of hydrogen-bond acceptors (Lipinski definition) is 1. The smallest absolute Gasteiger partial charge is 0.123 e. The predicted octanol–water partition coefficient (Wildman–Crippen LogP) is 3.46. The van der Waals surface area contributed by atoms with Crippen molar-refractivity contribution >= 4 is 5.69 Å². The summed E-state index contributed by atoms with van der Waals surface area (Å²) in [6, 6.07) is 12.9. The minimum Gasteiger partial charge on any atom is -0.384 e. The number of hydrogen-bond donors (Lipinski definition) is 1. The van der Waals surface area contributed by atoms with Crippen molar-refractivity contribution < 1.29 is 4.39 Å². The van der Waals surface area contributed by atoms with Gasteiger partial charge in [-0.25, -0.2) is 4.39 Å². The third-order valence-corrected chi connectivity index (χ3v) is 2.98. The number of anilines is 1. The van der Waals surface area contributed by atoms with Gasteiger partial charge in [-0.05, 0) is 29.7 Å². The molecule has 0 unspecified atom stereocenters. The van der Waals surface area contributed by atoms with E-state index in [1.807, 2.05) is 18.2 Å². The van der Waals surface area contributed by atoms with E-state index in [1.54, 1.807) is 12.1 Å². The minimum atomic E-state index is -0.187. The molecule has 0 aliphatic carbocycles. The Hall–Kier alpha value is -1.83. The molecule has 0 amide bonds. The van der Waals surface area contributed by atoms with Crippen LogP contribution < -0.4 is 5.32 Å². The van der Waals surface area contributed by atoms with Crippen LogP contribution in [-0.2, 0) is 6.42 Å². The largest absolute Gasteiger partial charge is 0.384 e. The SMILES string of the molecule is Fc1cccc(-c2cccc3c2NCC3)c1. The maximum Gasteiger partial charge on any atom is 0.123 e. The van der Waals surface area contributed by atoms with Crippen LogP contribution in [0.15, 0.2) is 42.5 Å². The molecule has 0 atom stereocenters. The molecule has 2 aromatic carbocycles. The number of halogens is 1. The van der Waals surface area contributed by atoms with Gasteiger partial charge in [0.2, 0.25) is 0 Å². The highest BCUT2D eigenvalue weighted by molar-refractivity contribution is 5.81. The maximum absolute atomic E-state index is 13.2. The quantitative estimate of drug-likeness (QED) is 0.765. The van der Waals surface area contributed by atoms with Gasteiger partial charge in [-0.15, -0.1) is 0 Å². The highest BCUT2D eigenvalue weighted by atomic mass is 19.1. The molecular formula is C14H12FN. The van der Waals surface area contributed by atoms with Gasteiger partial charge in [0.15, 0.2) is 0 Å². The minimum absolute atomic E-state index is 0.187. The molecular weight excluding hydrogens is 201 g/mol. The first-order valence-corrected chi connectivity index (χ1v) is 5.46. The van der Waals surface area contributed by atoms with E-state index in [2.05, 4.69) is 11.4 Å². The summed E-state index contributed by atoms with van der Waals surface area (Å²) in [5, 5.41) is 3.36. The van der Waals surface area contributed by atoms with Crippen LogP contribution in [0.3, 0.4) is 0 Å². The van der Waals surface area contributed by atoms with Gasteiger partial charge in [-0.2, -0.15) is 0 Å². The fraction of sp³-hybridized carbons (Fsp3) is 0.143. The molecule has 1 nitrogen and oxygen atoms in total. The molecule has 0 bridgehead atoms. The molecule has 1 heterocycles. The molecule has 0 spiro atoms. The van der Waals surface area contributed by atoms with Gasteiger partial charge in [0.05, 0.1) is 0 Å². The molecule has 1 aliphatic rings. The van der Waals surface area contributed by atoms with Gasteiger partial charge in [0, 0.05) is 17.8 Å². The van der Waals surface area contributed by atoms with Crippen LogP contribution in [0, 0.1) is 5.82 Å². The van der Waals surface area contributed by atoms with E-state index in [9.17, 15) is 4.39 Å².